The van der Waals surface area contributed by atoms with E-state index in [1.54, 1.807) is 13.0 Å². The predicted octanol–water partition coefficient (Wildman–Crippen LogP) is 4.79. The first-order valence-electron chi connectivity index (χ1n) is 10.4. The number of ketones is 1. The molecule has 0 amide bonds. The summed E-state index contributed by atoms with van der Waals surface area (Å²) in [5, 5.41) is 3.30. The third-order valence-electron chi connectivity index (χ3n) is 5.28. The van der Waals surface area contributed by atoms with E-state index in [-0.39, 0.29) is 23.6 Å². The zero-order chi connectivity index (χ0) is 22.4. The molecule has 1 aromatic rings. The van der Waals surface area contributed by atoms with E-state index in [4.69, 9.17) is 9.47 Å². The summed E-state index contributed by atoms with van der Waals surface area (Å²) in [7, 11) is 1.52. The normalized spacial score (nSPS) is 24.2. The van der Waals surface area contributed by atoms with Crippen molar-refractivity contribution in [1.82, 2.24) is 4.98 Å². The maximum absolute atomic E-state index is 12.8. The zero-order valence-corrected chi connectivity index (χ0v) is 18.2. The number of ether oxygens (including phenoxy) is 2. The lowest BCUT2D eigenvalue weighted by Gasteiger charge is -2.13. The topological polar surface area (TPSA) is 77.5 Å². The number of anilines is 1. The SMILES string of the molecule is C=C1/C=C\C=C/C/C(Nc2cc(OC)c(C(=O)C3CC3C(=O)OCC)cn2)=C\C=C1C. The molecule has 0 spiro atoms. The van der Waals surface area contributed by atoms with Crippen LogP contribution < -0.4 is 10.1 Å². The van der Waals surface area contributed by atoms with Crippen LogP contribution in [0.3, 0.4) is 0 Å². The van der Waals surface area contributed by atoms with Crippen molar-refractivity contribution in [2.24, 2.45) is 11.8 Å². The summed E-state index contributed by atoms with van der Waals surface area (Å²) in [5.74, 6) is -0.191. The fourth-order valence-electron chi connectivity index (χ4n) is 3.29. The molecule has 0 bridgehead atoms. The van der Waals surface area contributed by atoms with Gasteiger partial charge in [0.25, 0.3) is 0 Å². The molecular formula is C25H28N2O4. The molecule has 1 saturated carbocycles. The van der Waals surface area contributed by atoms with E-state index < -0.39 is 0 Å². The van der Waals surface area contributed by atoms with Gasteiger partial charge in [-0.15, -0.1) is 0 Å². The minimum atomic E-state index is -0.367. The number of Topliss-reactive ketones (excluding diaryl/α,β-unsaturated/α-hetero) is 1. The number of nitrogens with one attached hydrogen (secondary N) is 1. The molecule has 0 saturated heterocycles. The molecule has 162 valence electrons. The Balaban J connectivity index is 1.76. The average molecular weight is 421 g/mol. The van der Waals surface area contributed by atoms with Crippen LogP contribution in [0.5, 0.6) is 5.75 Å². The van der Waals surface area contributed by atoms with Gasteiger partial charge >= 0.3 is 5.97 Å². The molecule has 0 aliphatic heterocycles. The van der Waals surface area contributed by atoms with Crippen molar-refractivity contribution < 1.29 is 19.1 Å². The van der Waals surface area contributed by atoms with E-state index >= 15 is 0 Å². The molecular weight excluding hydrogens is 392 g/mol. The molecule has 1 aromatic heterocycles. The fourth-order valence-corrected chi connectivity index (χ4v) is 3.29. The molecule has 1 N–H and O–H groups in total. The Morgan fingerprint density at radius 1 is 1.26 bits per heavy atom. The zero-order valence-electron chi connectivity index (χ0n) is 18.2. The maximum Gasteiger partial charge on any atom is 0.309 e. The average Bonchev–Trinajstić information content (AvgIpc) is 3.57. The lowest BCUT2D eigenvalue weighted by molar-refractivity contribution is -0.144. The lowest BCUT2D eigenvalue weighted by Crippen LogP contribution is -2.13. The van der Waals surface area contributed by atoms with Gasteiger partial charge in [0.1, 0.15) is 11.6 Å². The first kappa shape index (κ1) is 22.3. The highest BCUT2D eigenvalue weighted by Gasteiger charge is 2.49. The van der Waals surface area contributed by atoms with Crippen LogP contribution in [0, 0.1) is 11.8 Å². The molecule has 31 heavy (non-hydrogen) atoms. The minimum Gasteiger partial charge on any atom is -0.496 e. The van der Waals surface area contributed by atoms with Crippen molar-refractivity contribution in [3.8, 4) is 5.75 Å². The van der Waals surface area contributed by atoms with Crippen LogP contribution in [-0.2, 0) is 9.53 Å². The van der Waals surface area contributed by atoms with Crippen molar-refractivity contribution in [3.63, 3.8) is 0 Å². The van der Waals surface area contributed by atoms with E-state index in [0.29, 0.717) is 36.6 Å². The number of nitrogens with zero attached hydrogens (tertiary/aromatic N) is 1. The molecule has 2 aliphatic carbocycles. The Kier molecular flexibility index (Phi) is 7.23. The Bertz CT molecular complexity index is 1000. The Morgan fingerprint density at radius 3 is 2.81 bits per heavy atom. The third-order valence-corrected chi connectivity index (χ3v) is 5.28. The number of carbonyl (C=O) groups is 2. The molecule has 6 heteroatoms. The van der Waals surface area contributed by atoms with Gasteiger partial charge in [-0.3, -0.25) is 9.59 Å². The second-order valence-electron chi connectivity index (χ2n) is 7.52. The standard InChI is InChI=1S/C25H28N2O4/c1-5-31-25(29)20-13-19(20)24(28)21-15-26-23(14-22(21)30-4)27-18-10-8-6-7-9-16(2)17(3)11-12-18/h6-9,11-12,14-15,19-20H,2,5,10,13H2,1,3-4H3,(H,26,27)/b8-6-,9-7-,17-11?,18-12+. The van der Waals surface area contributed by atoms with E-state index in [0.717, 1.165) is 16.8 Å². The fraction of sp³-hybridized carbons (Fsp3) is 0.320. The first-order valence-corrected chi connectivity index (χ1v) is 10.4. The molecule has 2 atom stereocenters. The van der Waals surface area contributed by atoms with Gasteiger partial charge in [-0.05, 0) is 37.5 Å². The maximum atomic E-state index is 12.8. The van der Waals surface area contributed by atoms with Crippen LogP contribution in [0.1, 0.15) is 37.0 Å². The van der Waals surface area contributed by atoms with E-state index in [1.807, 2.05) is 43.4 Å². The molecule has 0 aromatic carbocycles. The smallest absolute Gasteiger partial charge is 0.309 e. The number of aromatic nitrogens is 1. The van der Waals surface area contributed by atoms with Gasteiger partial charge in [0.05, 0.1) is 25.2 Å². The molecule has 3 rings (SSSR count). The summed E-state index contributed by atoms with van der Waals surface area (Å²) in [5.41, 5.74) is 3.34. The predicted molar refractivity (Wildman–Crippen MR) is 121 cm³/mol. The summed E-state index contributed by atoms with van der Waals surface area (Å²) in [6.07, 6.45) is 14.7. The van der Waals surface area contributed by atoms with Crippen molar-refractivity contribution in [2.75, 3.05) is 19.0 Å². The highest BCUT2D eigenvalue weighted by molar-refractivity contribution is 6.04. The van der Waals surface area contributed by atoms with Crippen LogP contribution in [0.2, 0.25) is 0 Å². The van der Waals surface area contributed by atoms with E-state index in [9.17, 15) is 9.59 Å². The summed E-state index contributed by atoms with van der Waals surface area (Å²) >= 11 is 0. The summed E-state index contributed by atoms with van der Waals surface area (Å²) in [6.45, 7) is 8.12. The second-order valence-corrected chi connectivity index (χ2v) is 7.52. The van der Waals surface area contributed by atoms with E-state index in [2.05, 4.69) is 16.9 Å². The summed E-state index contributed by atoms with van der Waals surface area (Å²) < 4.78 is 10.5. The number of allylic oxidation sites excluding steroid dienone is 8. The molecule has 6 nitrogen and oxygen atoms in total. The van der Waals surface area contributed by atoms with Gasteiger partial charge in [-0.2, -0.15) is 0 Å². The summed E-state index contributed by atoms with van der Waals surface area (Å²) in [4.78, 5) is 29.1. The van der Waals surface area contributed by atoms with Crippen LogP contribution >= 0.6 is 0 Å². The Hall–Kier alpha value is -3.41. The van der Waals surface area contributed by atoms with Crippen LogP contribution in [0.15, 0.2) is 72.1 Å². The van der Waals surface area contributed by atoms with Crippen molar-refractivity contribution in [2.45, 2.75) is 26.7 Å². The molecule has 2 aliphatic rings. The van der Waals surface area contributed by atoms with Crippen molar-refractivity contribution >= 4 is 17.6 Å². The van der Waals surface area contributed by atoms with Crippen LogP contribution in [-0.4, -0.2) is 30.5 Å². The van der Waals surface area contributed by atoms with Gasteiger partial charge in [0.2, 0.25) is 0 Å². The number of hydrogen-bond acceptors (Lipinski definition) is 6. The molecule has 1 heterocycles. The number of carbonyl (C=O) groups excluding carboxylic acids is 2. The van der Waals surface area contributed by atoms with Crippen molar-refractivity contribution in [3.05, 3.63) is 77.7 Å². The van der Waals surface area contributed by atoms with Gasteiger partial charge in [-0.1, -0.05) is 37.0 Å². The molecule has 0 radical (unpaired) electrons. The minimum absolute atomic E-state index is 0.140. The summed E-state index contributed by atoms with van der Waals surface area (Å²) in [6, 6.07) is 1.70. The van der Waals surface area contributed by atoms with Crippen LogP contribution in [0.4, 0.5) is 5.82 Å². The van der Waals surface area contributed by atoms with E-state index in [1.165, 1.54) is 13.3 Å². The highest BCUT2D eigenvalue weighted by Crippen LogP contribution is 2.43. The largest absolute Gasteiger partial charge is 0.496 e. The molecule has 2 unspecified atom stereocenters. The van der Waals surface area contributed by atoms with Gasteiger partial charge < -0.3 is 14.8 Å². The van der Waals surface area contributed by atoms with Crippen molar-refractivity contribution in [1.29, 1.82) is 0 Å². The van der Waals surface area contributed by atoms with Gasteiger partial charge in [-0.25, -0.2) is 4.98 Å². The number of rotatable bonds is 7. The number of pyridine rings is 1. The molecule has 1 fully saturated rings. The monoisotopic (exact) mass is 420 g/mol. The van der Waals surface area contributed by atoms with Gasteiger partial charge in [0.15, 0.2) is 5.78 Å². The quantitative estimate of drug-likeness (QED) is 0.505. The lowest BCUT2D eigenvalue weighted by atomic mass is 10.1. The number of esters is 1. The second kappa shape index (κ2) is 10.1. The number of hydrogen-bond donors (Lipinski definition) is 1. The Morgan fingerprint density at radius 2 is 2.06 bits per heavy atom. The van der Waals surface area contributed by atoms with Gasteiger partial charge in [0, 0.05) is 30.3 Å². The first-order chi connectivity index (χ1) is 14.9. The Labute approximate surface area is 183 Å². The number of methoxy groups -OCH3 is 1. The van der Waals surface area contributed by atoms with Crippen LogP contribution in [0.25, 0.3) is 0 Å². The third kappa shape index (κ3) is 5.60. The highest BCUT2D eigenvalue weighted by atomic mass is 16.5.